The van der Waals surface area contributed by atoms with Gasteiger partial charge >= 0.3 is 0 Å². The third-order valence-electron chi connectivity index (χ3n) is 3.02. The highest BCUT2D eigenvalue weighted by Crippen LogP contribution is 2.26. The van der Waals surface area contributed by atoms with Crippen molar-refractivity contribution in [2.75, 3.05) is 26.7 Å². The van der Waals surface area contributed by atoms with E-state index >= 15 is 0 Å². The summed E-state index contributed by atoms with van der Waals surface area (Å²) in [4.78, 5) is 14.2. The fourth-order valence-corrected chi connectivity index (χ4v) is 2.35. The van der Waals surface area contributed by atoms with Crippen LogP contribution in [-0.4, -0.2) is 43.5 Å². The number of hydrogen-bond acceptors (Lipinski definition) is 3. The molecule has 18 heavy (non-hydrogen) atoms. The van der Waals surface area contributed by atoms with Crippen LogP contribution in [0.5, 0.6) is 0 Å². The summed E-state index contributed by atoms with van der Waals surface area (Å²) in [6.07, 6.45) is -0.100. The van der Waals surface area contributed by atoms with E-state index in [1.54, 1.807) is 12.1 Å². The SMILES string of the molecule is CN1CCOC(C(=O)Cc2cccc(Cl)c2Cl)C1. The van der Waals surface area contributed by atoms with E-state index in [-0.39, 0.29) is 18.3 Å². The molecule has 3 nitrogen and oxygen atoms in total. The second kappa shape index (κ2) is 6.02. The Labute approximate surface area is 117 Å². The van der Waals surface area contributed by atoms with E-state index in [2.05, 4.69) is 4.90 Å². The van der Waals surface area contributed by atoms with Gasteiger partial charge in [0.2, 0.25) is 0 Å². The van der Waals surface area contributed by atoms with Crippen molar-refractivity contribution in [3.05, 3.63) is 33.8 Å². The molecule has 1 aliphatic rings. The van der Waals surface area contributed by atoms with Crippen molar-refractivity contribution in [3.8, 4) is 0 Å². The predicted molar refractivity (Wildman–Crippen MR) is 72.4 cm³/mol. The van der Waals surface area contributed by atoms with E-state index in [4.69, 9.17) is 27.9 Å². The number of benzene rings is 1. The Morgan fingerprint density at radius 2 is 2.28 bits per heavy atom. The molecule has 0 aliphatic carbocycles. The fraction of sp³-hybridized carbons (Fsp3) is 0.462. The standard InChI is InChI=1S/C13H15Cl2NO2/c1-16-5-6-18-12(8-16)11(17)7-9-3-2-4-10(14)13(9)15/h2-4,12H,5-8H2,1H3. The fourth-order valence-electron chi connectivity index (χ4n) is 1.96. The number of morpholine rings is 1. The van der Waals surface area contributed by atoms with Gasteiger partial charge in [0.05, 0.1) is 16.7 Å². The van der Waals surface area contributed by atoms with Gasteiger partial charge in [0.15, 0.2) is 5.78 Å². The number of hydrogen-bond donors (Lipinski definition) is 0. The van der Waals surface area contributed by atoms with Gasteiger partial charge in [-0.25, -0.2) is 0 Å². The lowest BCUT2D eigenvalue weighted by Crippen LogP contribution is -2.44. The molecular weight excluding hydrogens is 273 g/mol. The predicted octanol–water partition coefficient (Wildman–Crippen LogP) is 2.44. The van der Waals surface area contributed by atoms with Crippen LogP contribution in [0.4, 0.5) is 0 Å². The zero-order valence-electron chi connectivity index (χ0n) is 10.2. The molecule has 1 aromatic rings. The number of nitrogens with zero attached hydrogens (tertiary/aromatic N) is 1. The van der Waals surface area contributed by atoms with Crippen LogP contribution in [0.15, 0.2) is 18.2 Å². The largest absolute Gasteiger partial charge is 0.368 e. The number of ether oxygens (including phenoxy) is 1. The number of halogens is 2. The van der Waals surface area contributed by atoms with Crippen LogP contribution < -0.4 is 0 Å². The second-order valence-corrected chi connectivity index (χ2v) is 5.26. The Morgan fingerprint density at radius 3 is 3.00 bits per heavy atom. The summed E-state index contributed by atoms with van der Waals surface area (Å²) < 4.78 is 5.49. The van der Waals surface area contributed by atoms with E-state index in [1.807, 2.05) is 13.1 Å². The van der Waals surface area contributed by atoms with Crippen LogP contribution in [0.1, 0.15) is 5.56 Å². The van der Waals surface area contributed by atoms with Gasteiger partial charge < -0.3 is 9.64 Å². The molecule has 0 radical (unpaired) electrons. The summed E-state index contributed by atoms with van der Waals surface area (Å²) in [6, 6.07) is 5.33. The molecule has 5 heteroatoms. The molecule has 0 aromatic heterocycles. The van der Waals surface area contributed by atoms with Crippen molar-refractivity contribution < 1.29 is 9.53 Å². The second-order valence-electron chi connectivity index (χ2n) is 4.48. The molecular formula is C13H15Cl2NO2. The summed E-state index contributed by atoms with van der Waals surface area (Å²) in [6.45, 7) is 2.09. The molecule has 1 atom stereocenters. The summed E-state index contributed by atoms with van der Waals surface area (Å²) in [5.74, 6) is 0.0470. The van der Waals surface area contributed by atoms with Crippen molar-refractivity contribution in [2.45, 2.75) is 12.5 Å². The van der Waals surface area contributed by atoms with E-state index in [9.17, 15) is 4.79 Å². The molecule has 0 N–H and O–H groups in total. The highest BCUT2D eigenvalue weighted by molar-refractivity contribution is 6.42. The number of ketones is 1. The molecule has 1 saturated heterocycles. The highest BCUT2D eigenvalue weighted by Gasteiger charge is 2.25. The van der Waals surface area contributed by atoms with Crippen molar-refractivity contribution in [1.29, 1.82) is 0 Å². The van der Waals surface area contributed by atoms with Gasteiger partial charge in [0.25, 0.3) is 0 Å². The summed E-state index contributed by atoms with van der Waals surface area (Å²) in [7, 11) is 1.98. The molecule has 0 amide bonds. The van der Waals surface area contributed by atoms with Gasteiger partial charge in [-0.05, 0) is 18.7 Å². The molecule has 2 rings (SSSR count). The molecule has 1 fully saturated rings. The molecule has 0 spiro atoms. The highest BCUT2D eigenvalue weighted by atomic mass is 35.5. The van der Waals surface area contributed by atoms with Crippen LogP contribution >= 0.6 is 23.2 Å². The molecule has 1 aromatic carbocycles. The zero-order chi connectivity index (χ0) is 13.1. The molecule has 0 bridgehead atoms. The van der Waals surface area contributed by atoms with Gasteiger partial charge in [0, 0.05) is 19.5 Å². The van der Waals surface area contributed by atoms with E-state index < -0.39 is 0 Å². The smallest absolute Gasteiger partial charge is 0.167 e. The average Bonchev–Trinajstić information content (AvgIpc) is 2.35. The van der Waals surface area contributed by atoms with Gasteiger partial charge in [-0.2, -0.15) is 0 Å². The quantitative estimate of drug-likeness (QED) is 0.855. The normalized spacial score (nSPS) is 20.9. The van der Waals surface area contributed by atoms with Crippen LogP contribution in [0.25, 0.3) is 0 Å². The van der Waals surface area contributed by atoms with Crippen molar-refractivity contribution in [1.82, 2.24) is 4.90 Å². The monoisotopic (exact) mass is 287 g/mol. The van der Waals surface area contributed by atoms with Crippen LogP contribution in [0.2, 0.25) is 10.0 Å². The van der Waals surface area contributed by atoms with E-state index in [0.29, 0.717) is 23.2 Å². The zero-order valence-corrected chi connectivity index (χ0v) is 11.7. The van der Waals surface area contributed by atoms with Crippen molar-refractivity contribution in [2.24, 2.45) is 0 Å². The van der Waals surface area contributed by atoms with E-state index in [1.165, 1.54) is 0 Å². The Kier molecular flexibility index (Phi) is 4.62. The summed E-state index contributed by atoms with van der Waals surface area (Å²) in [5.41, 5.74) is 0.756. The number of Topliss-reactive ketones (excluding diaryl/α,β-unsaturated/α-hetero) is 1. The van der Waals surface area contributed by atoms with Crippen molar-refractivity contribution in [3.63, 3.8) is 0 Å². The van der Waals surface area contributed by atoms with Gasteiger partial charge in [-0.1, -0.05) is 35.3 Å². The summed E-state index contributed by atoms with van der Waals surface area (Å²) in [5, 5.41) is 0.931. The van der Waals surface area contributed by atoms with Gasteiger partial charge in [-0.15, -0.1) is 0 Å². The molecule has 1 unspecified atom stereocenters. The minimum atomic E-state index is -0.362. The Hall–Kier alpha value is -0.610. The van der Waals surface area contributed by atoms with Crippen molar-refractivity contribution >= 4 is 29.0 Å². The first-order chi connectivity index (χ1) is 8.58. The first kappa shape index (κ1) is 13.8. The van der Waals surface area contributed by atoms with Crippen LogP contribution in [0, 0.1) is 0 Å². The lowest BCUT2D eigenvalue weighted by molar-refractivity contribution is -0.134. The Morgan fingerprint density at radius 1 is 1.50 bits per heavy atom. The first-order valence-electron chi connectivity index (χ1n) is 5.83. The molecule has 1 heterocycles. The summed E-state index contributed by atoms with van der Waals surface area (Å²) >= 11 is 12.0. The minimum absolute atomic E-state index is 0.0470. The third kappa shape index (κ3) is 3.23. The van der Waals surface area contributed by atoms with Gasteiger partial charge in [0.1, 0.15) is 6.10 Å². The molecule has 0 saturated carbocycles. The van der Waals surface area contributed by atoms with E-state index in [0.717, 1.165) is 12.1 Å². The molecule has 1 aliphatic heterocycles. The van der Waals surface area contributed by atoms with Crippen LogP contribution in [0.3, 0.4) is 0 Å². The maximum absolute atomic E-state index is 12.1. The maximum atomic E-state index is 12.1. The maximum Gasteiger partial charge on any atom is 0.167 e. The van der Waals surface area contributed by atoms with Gasteiger partial charge in [-0.3, -0.25) is 4.79 Å². The number of likely N-dealkylation sites (N-methyl/N-ethyl adjacent to an activating group) is 1. The number of rotatable bonds is 3. The lowest BCUT2D eigenvalue weighted by atomic mass is 10.0. The number of carbonyl (C=O) groups excluding carboxylic acids is 1. The Bertz CT molecular complexity index is 451. The lowest BCUT2D eigenvalue weighted by Gasteiger charge is -2.29. The minimum Gasteiger partial charge on any atom is -0.368 e. The third-order valence-corrected chi connectivity index (χ3v) is 3.88. The molecule has 98 valence electrons. The Balaban J connectivity index is 2.04. The average molecular weight is 288 g/mol. The number of carbonyl (C=O) groups is 1. The van der Waals surface area contributed by atoms with Crippen LogP contribution in [-0.2, 0) is 16.0 Å². The topological polar surface area (TPSA) is 29.5 Å². The first-order valence-corrected chi connectivity index (χ1v) is 6.59.